The van der Waals surface area contributed by atoms with Crippen molar-refractivity contribution in [2.75, 3.05) is 13.1 Å². The molecule has 2 rings (SSSR count). The van der Waals surface area contributed by atoms with Crippen molar-refractivity contribution in [2.45, 2.75) is 58.6 Å². The van der Waals surface area contributed by atoms with E-state index in [-0.39, 0.29) is 12.1 Å². The van der Waals surface area contributed by atoms with Crippen LogP contribution in [0.5, 0.6) is 0 Å². The molecule has 0 spiro atoms. The molecule has 1 aliphatic carbocycles. The van der Waals surface area contributed by atoms with Crippen LogP contribution in [0.1, 0.15) is 46.5 Å². The van der Waals surface area contributed by atoms with Crippen LogP contribution in [0.4, 0.5) is 4.79 Å². The number of nitrogens with zero attached hydrogens (tertiary/aromatic N) is 1. The Balaban J connectivity index is 1.70. The molecular formula is C14H26N2O2. The van der Waals surface area contributed by atoms with E-state index in [1.165, 1.54) is 0 Å². The minimum atomic E-state index is -0.219. The predicted octanol–water partition coefficient (Wildman–Crippen LogP) is 1.98. The highest BCUT2D eigenvalue weighted by molar-refractivity contribution is 5.74. The molecule has 0 aromatic carbocycles. The molecule has 2 N–H and O–H groups in total. The summed E-state index contributed by atoms with van der Waals surface area (Å²) < 4.78 is 0. The van der Waals surface area contributed by atoms with Crippen LogP contribution in [-0.2, 0) is 0 Å². The van der Waals surface area contributed by atoms with E-state index < -0.39 is 0 Å². The highest BCUT2D eigenvalue weighted by atomic mass is 16.3. The molecule has 1 saturated carbocycles. The van der Waals surface area contributed by atoms with Crippen LogP contribution in [-0.4, -0.2) is 41.3 Å². The third-order valence-corrected chi connectivity index (χ3v) is 4.44. The SMILES string of the molecule is CC(C)(C)C1CC(NC(=O)N2CCC(O)CC2)C1. The Labute approximate surface area is 110 Å². The fourth-order valence-corrected chi connectivity index (χ4v) is 2.78. The van der Waals surface area contributed by atoms with Gasteiger partial charge in [-0.15, -0.1) is 0 Å². The maximum absolute atomic E-state index is 12.0. The molecule has 2 amide bonds. The average Bonchev–Trinajstić information content (AvgIpc) is 2.21. The van der Waals surface area contributed by atoms with Crippen molar-refractivity contribution in [3.05, 3.63) is 0 Å². The van der Waals surface area contributed by atoms with Crippen molar-refractivity contribution < 1.29 is 9.90 Å². The molecule has 0 bridgehead atoms. The fourth-order valence-electron chi connectivity index (χ4n) is 2.78. The van der Waals surface area contributed by atoms with Gasteiger partial charge in [0.15, 0.2) is 0 Å². The smallest absolute Gasteiger partial charge is 0.317 e. The molecule has 0 radical (unpaired) electrons. The normalized spacial score (nSPS) is 29.9. The van der Waals surface area contributed by atoms with Gasteiger partial charge in [-0.25, -0.2) is 4.79 Å². The molecule has 1 heterocycles. The van der Waals surface area contributed by atoms with Gasteiger partial charge in [0.2, 0.25) is 0 Å². The number of rotatable bonds is 1. The van der Waals surface area contributed by atoms with E-state index in [2.05, 4.69) is 26.1 Å². The van der Waals surface area contributed by atoms with Gasteiger partial charge >= 0.3 is 6.03 Å². The van der Waals surface area contributed by atoms with Crippen LogP contribution < -0.4 is 5.32 Å². The van der Waals surface area contributed by atoms with Crippen LogP contribution in [0.25, 0.3) is 0 Å². The zero-order valence-electron chi connectivity index (χ0n) is 11.8. The number of aliphatic hydroxyl groups is 1. The van der Waals surface area contributed by atoms with Crippen molar-refractivity contribution in [3.63, 3.8) is 0 Å². The first kappa shape index (κ1) is 13.7. The minimum Gasteiger partial charge on any atom is -0.393 e. The Kier molecular flexibility index (Phi) is 3.85. The Morgan fingerprint density at radius 2 is 1.78 bits per heavy atom. The first-order valence-electron chi connectivity index (χ1n) is 7.10. The van der Waals surface area contributed by atoms with Crippen molar-refractivity contribution in [1.82, 2.24) is 10.2 Å². The van der Waals surface area contributed by atoms with Crippen LogP contribution >= 0.6 is 0 Å². The number of hydrogen-bond donors (Lipinski definition) is 2. The van der Waals surface area contributed by atoms with Gasteiger partial charge in [0.25, 0.3) is 0 Å². The number of piperidine rings is 1. The molecule has 0 aromatic heterocycles. The van der Waals surface area contributed by atoms with E-state index in [1.54, 1.807) is 0 Å². The van der Waals surface area contributed by atoms with Gasteiger partial charge in [-0.05, 0) is 37.0 Å². The number of carbonyl (C=O) groups is 1. The second kappa shape index (κ2) is 5.08. The third kappa shape index (κ3) is 3.16. The molecular weight excluding hydrogens is 228 g/mol. The van der Waals surface area contributed by atoms with Crippen LogP contribution in [0.2, 0.25) is 0 Å². The number of aliphatic hydroxyl groups excluding tert-OH is 1. The summed E-state index contributed by atoms with van der Waals surface area (Å²) in [6.07, 6.45) is 3.41. The number of likely N-dealkylation sites (tertiary alicyclic amines) is 1. The lowest BCUT2D eigenvalue weighted by molar-refractivity contribution is 0.0786. The molecule has 4 heteroatoms. The Morgan fingerprint density at radius 1 is 1.22 bits per heavy atom. The van der Waals surface area contributed by atoms with Gasteiger partial charge in [0.1, 0.15) is 0 Å². The number of nitrogens with one attached hydrogen (secondary N) is 1. The van der Waals surface area contributed by atoms with Crippen LogP contribution in [0.3, 0.4) is 0 Å². The summed E-state index contributed by atoms with van der Waals surface area (Å²) in [6.45, 7) is 8.16. The maximum Gasteiger partial charge on any atom is 0.317 e. The van der Waals surface area contributed by atoms with Gasteiger partial charge in [-0.1, -0.05) is 20.8 Å². The van der Waals surface area contributed by atoms with E-state index in [0.717, 1.165) is 18.8 Å². The number of carbonyl (C=O) groups excluding carboxylic acids is 1. The Bertz CT molecular complexity index is 297. The molecule has 1 aliphatic heterocycles. The highest BCUT2D eigenvalue weighted by Crippen LogP contribution is 2.41. The lowest BCUT2D eigenvalue weighted by Crippen LogP contribution is -2.53. The van der Waals surface area contributed by atoms with Gasteiger partial charge in [0, 0.05) is 19.1 Å². The summed E-state index contributed by atoms with van der Waals surface area (Å²) in [4.78, 5) is 13.8. The summed E-state index contributed by atoms with van der Waals surface area (Å²) in [5, 5.41) is 12.5. The number of amides is 2. The topological polar surface area (TPSA) is 52.6 Å². The van der Waals surface area contributed by atoms with E-state index in [1.807, 2.05) is 4.90 Å². The standard InChI is InChI=1S/C14H26N2O2/c1-14(2,3)10-8-11(9-10)15-13(18)16-6-4-12(17)5-7-16/h10-12,17H,4-9H2,1-3H3,(H,15,18). The number of urea groups is 1. The monoisotopic (exact) mass is 254 g/mol. The van der Waals surface area contributed by atoms with Crippen molar-refractivity contribution >= 4 is 6.03 Å². The number of hydrogen-bond acceptors (Lipinski definition) is 2. The first-order valence-corrected chi connectivity index (χ1v) is 7.10. The maximum atomic E-state index is 12.0. The third-order valence-electron chi connectivity index (χ3n) is 4.44. The highest BCUT2D eigenvalue weighted by Gasteiger charge is 2.38. The largest absolute Gasteiger partial charge is 0.393 e. The van der Waals surface area contributed by atoms with Crippen LogP contribution in [0.15, 0.2) is 0 Å². The van der Waals surface area contributed by atoms with Gasteiger partial charge in [-0.3, -0.25) is 0 Å². The van der Waals surface area contributed by atoms with E-state index >= 15 is 0 Å². The molecule has 2 fully saturated rings. The second-order valence-corrected chi connectivity index (χ2v) is 6.90. The molecule has 4 nitrogen and oxygen atoms in total. The Morgan fingerprint density at radius 3 is 2.28 bits per heavy atom. The molecule has 0 aromatic rings. The quantitative estimate of drug-likeness (QED) is 0.752. The van der Waals surface area contributed by atoms with Crippen molar-refractivity contribution in [2.24, 2.45) is 11.3 Å². The van der Waals surface area contributed by atoms with Crippen LogP contribution in [0, 0.1) is 11.3 Å². The van der Waals surface area contributed by atoms with E-state index in [4.69, 9.17) is 0 Å². The second-order valence-electron chi connectivity index (χ2n) is 6.90. The minimum absolute atomic E-state index is 0.0549. The summed E-state index contributed by atoms with van der Waals surface area (Å²) in [5.41, 5.74) is 0.358. The molecule has 2 aliphatic rings. The van der Waals surface area contributed by atoms with Crippen molar-refractivity contribution in [3.8, 4) is 0 Å². The fraction of sp³-hybridized carbons (Fsp3) is 0.929. The Hall–Kier alpha value is -0.770. The first-order chi connectivity index (χ1) is 8.36. The van der Waals surface area contributed by atoms with E-state index in [0.29, 0.717) is 37.4 Å². The van der Waals surface area contributed by atoms with E-state index in [9.17, 15) is 9.90 Å². The lowest BCUT2D eigenvalue weighted by Gasteiger charge is -2.44. The summed E-state index contributed by atoms with van der Waals surface area (Å²) in [7, 11) is 0. The molecule has 104 valence electrons. The van der Waals surface area contributed by atoms with Gasteiger partial charge in [0.05, 0.1) is 6.10 Å². The lowest BCUT2D eigenvalue weighted by atomic mass is 9.66. The van der Waals surface area contributed by atoms with Gasteiger partial charge < -0.3 is 15.3 Å². The molecule has 18 heavy (non-hydrogen) atoms. The average molecular weight is 254 g/mol. The van der Waals surface area contributed by atoms with Crippen molar-refractivity contribution in [1.29, 1.82) is 0 Å². The summed E-state index contributed by atoms with van der Waals surface area (Å²) in [6, 6.07) is 0.410. The zero-order valence-corrected chi connectivity index (χ0v) is 11.8. The molecule has 0 unspecified atom stereocenters. The summed E-state index contributed by atoms with van der Waals surface area (Å²) in [5.74, 6) is 0.728. The molecule has 0 atom stereocenters. The summed E-state index contributed by atoms with van der Waals surface area (Å²) >= 11 is 0. The van der Waals surface area contributed by atoms with Gasteiger partial charge in [-0.2, -0.15) is 0 Å². The predicted molar refractivity (Wildman–Crippen MR) is 71.3 cm³/mol. The zero-order chi connectivity index (χ0) is 13.3. The molecule has 1 saturated heterocycles.